The Morgan fingerprint density at radius 3 is 2.50 bits per heavy atom. The van der Waals surface area contributed by atoms with Crippen LogP contribution in [0.25, 0.3) is 5.69 Å². The molecule has 0 spiro atoms. The quantitative estimate of drug-likeness (QED) is 0.420. The second kappa shape index (κ2) is 11.5. The molecule has 0 amide bonds. The number of carbonyl (C=O) groups is 1. The van der Waals surface area contributed by atoms with Gasteiger partial charge >= 0.3 is 11.7 Å². The van der Waals surface area contributed by atoms with Crippen molar-refractivity contribution >= 4 is 17.9 Å². The zero-order valence-electron chi connectivity index (χ0n) is 16.9. The molecule has 2 rings (SSSR count). The number of methoxy groups -OCH3 is 1. The van der Waals surface area contributed by atoms with E-state index >= 15 is 0 Å². The molecular weight excluding hydrogens is 382 g/mol. The van der Waals surface area contributed by atoms with Gasteiger partial charge in [0.05, 0.1) is 19.4 Å². The maximum atomic E-state index is 12.5. The number of nitrogens with zero attached hydrogens (tertiary/aromatic N) is 2. The molecule has 1 aromatic carbocycles. The molecule has 0 bridgehead atoms. The van der Waals surface area contributed by atoms with E-state index in [1.807, 2.05) is 13.8 Å². The summed E-state index contributed by atoms with van der Waals surface area (Å²) in [6, 6.07) is 6.56. The number of carbonyl (C=O) groups excluding carboxylic acids is 1. The van der Waals surface area contributed by atoms with Crippen molar-refractivity contribution in [3.05, 3.63) is 56.4 Å². The number of nitrogens with two attached hydrogens (primary N) is 1. The number of hydrogen-bond acceptors (Lipinski definition) is 7. The Morgan fingerprint density at radius 1 is 1.21 bits per heavy atom. The normalized spacial score (nSPS) is 10.2. The number of aromatic nitrogens is 2. The summed E-state index contributed by atoms with van der Waals surface area (Å²) in [5.74, 6) is -0.457. The van der Waals surface area contributed by atoms with E-state index in [1.165, 1.54) is 17.7 Å². The van der Waals surface area contributed by atoms with Gasteiger partial charge < -0.3 is 14.0 Å². The van der Waals surface area contributed by atoms with E-state index in [2.05, 4.69) is 4.74 Å². The number of benzene rings is 1. The first-order chi connectivity index (χ1) is 13.4. The van der Waals surface area contributed by atoms with E-state index in [1.54, 1.807) is 32.2 Å². The van der Waals surface area contributed by atoms with Gasteiger partial charge in [0.1, 0.15) is 6.61 Å². The number of ether oxygens (including phenoxy) is 2. The van der Waals surface area contributed by atoms with Crippen LogP contribution in [0.4, 0.5) is 0 Å². The predicted octanol–water partition coefficient (Wildman–Crippen LogP) is 1.57. The third kappa shape index (κ3) is 5.82. The molecule has 1 heterocycles. The fraction of sp³-hybridized carbons (Fsp3) is 0.421. The highest BCUT2D eigenvalue weighted by Gasteiger charge is 2.11. The van der Waals surface area contributed by atoms with Gasteiger partial charge in [-0.1, -0.05) is 13.8 Å². The SMILES string of the molecule is CC.COC(=O)COCCc1cc(-n2c(=O)cc(C)n(C)c2=O)ccc1SN. The molecule has 0 saturated heterocycles. The van der Waals surface area contributed by atoms with Gasteiger partial charge in [-0.15, -0.1) is 0 Å². The van der Waals surface area contributed by atoms with Crippen molar-refractivity contribution in [1.29, 1.82) is 0 Å². The first kappa shape index (κ1) is 23.7. The minimum Gasteiger partial charge on any atom is -0.467 e. The third-order valence-corrected chi connectivity index (χ3v) is 4.60. The summed E-state index contributed by atoms with van der Waals surface area (Å²) in [5.41, 5.74) is 1.04. The molecular formula is C19H27N3O5S. The van der Waals surface area contributed by atoms with Crippen LogP contribution in [0.15, 0.2) is 38.8 Å². The highest BCUT2D eigenvalue weighted by Crippen LogP contribution is 2.21. The zero-order chi connectivity index (χ0) is 21.3. The van der Waals surface area contributed by atoms with Gasteiger partial charge in [0, 0.05) is 23.7 Å². The lowest BCUT2D eigenvalue weighted by molar-refractivity contribution is -0.145. The van der Waals surface area contributed by atoms with Crippen molar-refractivity contribution in [1.82, 2.24) is 9.13 Å². The van der Waals surface area contributed by atoms with Crippen LogP contribution in [-0.4, -0.2) is 35.4 Å². The van der Waals surface area contributed by atoms with E-state index in [4.69, 9.17) is 9.88 Å². The second-order valence-electron chi connectivity index (χ2n) is 5.59. The molecule has 154 valence electrons. The Bertz CT molecular complexity index is 921. The summed E-state index contributed by atoms with van der Waals surface area (Å²) < 4.78 is 12.3. The molecule has 0 aliphatic carbocycles. The van der Waals surface area contributed by atoms with Crippen molar-refractivity contribution in [3.63, 3.8) is 0 Å². The first-order valence-corrected chi connectivity index (χ1v) is 9.71. The van der Waals surface area contributed by atoms with Crippen molar-refractivity contribution < 1.29 is 14.3 Å². The van der Waals surface area contributed by atoms with Crippen LogP contribution in [0.2, 0.25) is 0 Å². The average Bonchev–Trinajstić information content (AvgIpc) is 2.71. The molecule has 0 saturated carbocycles. The molecule has 8 nitrogen and oxygen atoms in total. The number of aryl methyl sites for hydroxylation is 1. The largest absolute Gasteiger partial charge is 0.467 e. The second-order valence-corrected chi connectivity index (χ2v) is 6.27. The third-order valence-electron chi connectivity index (χ3n) is 3.95. The van der Waals surface area contributed by atoms with Gasteiger partial charge in [0.15, 0.2) is 0 Å². The summed E-state index contributed by atoms with van der Waals surface area (Å²) >= 11 is 1.06. The van der Waals surface area contributed by atoms with Crippen molar-refractivity contribution in [3.8, 4) is 5.69 Å². The van der Waals surface area contributed by atoms with Crippen LogP contribution in [0.1, 0.15) is 25.1 Å². The van der Waals surface area contributed by atoms with E-state index in [-0.39, 0.29) is 13.2 Å². The summed E-state index contributed by atoms with van der Waals surface area (Å²) in [7, 11) is 2.90. The molecule has 0 unspecified atom stereocenters. The number of esters is 1. The van der Waals surface area contributed by atoms with Crippen LogP contribution in [0.5, 0.6) is 0 Å². The smallest absolute Gasteiger partial charge is 0.335 e. The van der Waals surface area contributed by atoms with Crippen LogP contribution in [-0.2, 0) is 27.7 Å². The Labute approximate surface area is 168 Å². The standard InChI is InChI=1S/C17H21N3O5S.C2H6/c1-11-8-15(21)20(17(23)19(11)2)13-4-5-14(26-18)12(9-13)6-7-25-10-16(22)24-3;1-2/h4-5,8-9H,6-7,10,18H2,1-3H3;1-2H3. The Morgan fingerprint density at radius 2 is 1.89 bits per heavy atom. The molecule has 0 aliphatic rings. The van der Waals surface area contributed by atoms with Gasteiger partial charge in [0.25, 0.3) is 5.56 Å². The summed E-state index contributed by atoms with van der Waals surface area (Å²) in [5, 5.41) is 5.68. The first-order valence-electron chi connectivity index (χ1n) is 8.83. The lowest BCUT2D eigenvalue weighted by atomic mass is 10.1. The van der Waals surface area contributed by atoms with Crippen molar-refractivity contribution in [2.45, 2.75) is 32.1 Å². The summed E-state index contributed by atoms with van der Waals surface area (Å²) in [6.07, 6.45) is 0.464. The molecule has 2 N–H and O–H groups in total. The molecule has 9 heteroatoms. The zero-order valence-corrected chi connectivity index (χ0v) is 17.7. The van der Waals surface area contributed by atoms with Crippen LogP contribution in [0.3, 0.4) is 0 Å². The predicted molar refractivity (Wildman–Crippen MR) is 110 cm³/mol. The highest BCUT2D eigenvalue weighted by atomic mass is 32.2. The average molecular weight is 410 g/mol. The number of hydrogen-bond donors (Lipinski definition) is 1. The van der Waals surface area contributed by atoms with Gasteiger partial charge in [-0.3, -0.25) is 9.93 Å². The maximum Gasteiger partial charge on any atom is 0.335 e. The molecule has 1 aromatic heterocycles. The van der Waals surface area contributed by atoms with Crippen LogP contribution >= 0.6 is 11.9 Å². The van der Waals surface area contributed by atoms with Crippen molar-refractivity contribution in [2.24, 2.45) is 12.2 Å². The molecule has 0 fully saturated rings. The molecule has 2 aromatic rings. The van der Waals surface area contributed by atoms with Gasteiger partial charge in [-0.05, 0) is 49.1 Å². The van der Waals surface area contributed by atoms with Crippen molar-refractivity contribution in [2.75, 3.05) is 20.3 Å². The summed E-state index contributed by atoms with van der Waals surface area (Å²) in [4.78, 5) is 36.6. The van der Waals surface area contributed by atoms with E-state index in [0.29, 0.717) is 17.8 Å². The minimum absolute atomic E-state index is 0.140. The lowest BCUT2D eigenvalue weighted by Gasteiger charge is -2.13. The Balaban J connectivity index is 0.00000190. The van der Waals surface area contributed by atoms with Gasteiger partial charge in [-0.2, -0.15) is 0 Å². The Hall–Kier alpha value is -2.36. The van der Waals surface area contributed by atoms with Crippen LogP contribution in [0, 0.1) is 6.92 Å². The lowest BCUT2D eigenvalue weighted by Crippen LogP contribution is -2.38. The Kier molecular flexibility index (Phi) is 9.70. The van der Waals surface area contributed by atoms with E-state index < -0.39 is 17.2 Å². The van der Waals surface area contributed by atoms with Gasteiger partial charge in [0.2, 0.25) is 0 Å². The van der Waals surface area contributed by atoms with E-state index in [0.717, 1.165) is 27.0 Å². The minimum atomic E-state index is -0.457. The molecule has 0 aliphatic heterocycles. The van der Waals surface area contributed by atoms with E-state index in [9.17, 15) is 14.4 Å². The number of rotatable bonds is 7. The van der Waals surface area contributed by atoms with Gasteiger partial charge in [-0.25, -0.2) is 14.2 Å². The fourth-order valence-corrected chi connectivity index (χ4v) is 2.84. The topological polar surface area (TPSA) is 106 Å². The van der Waals surface area contributed by atoms with Crippen LogP contribution < -0.4 is 16.4 Å². The molecule has 0 atom stereocenters. The molecule has 28 heavy (non-hydrogen) atoms. The monoisotopic (exact) mass is 409 g/mol. The summed E-state index contributed by atoms with van der Waals surface area (Å²) in [6.45, 7) is 5.83. The fourth-order valence-electron chi connectivity index (χ4n) is 2.38. The maximum absolute atomic E-state index is 12.5. The molecule has 0 radical (unpaired) electrons. The highest BCUT2D eigenvalue weighted by molar-refractivity contribution is 7.97.